The van der Waals surface area contributed by atoms with E-state index in [2.05, 4.69) is 0 Å². The lowest BCUT2D eigenvalue weighted by Gasteiger charge is -2.21. The van der Waals surface area contributed by atoms with E-state index in [-0.39, 0.29) is 12.0 Å². The highest BCUT2D eigenvalue weighted by Gasteiger charge is 2.33. The molecule has 1 N–H and O–H groups in total. The number of likely N-dealkylation sites (tertiary alicyclic amines) is 1. The number of rotatable bonds is 8. The number of carboxylic acid groups (broad SMARTS) is 1. The van der Waals surface area contributed by atoms with Crippen LogP contribution in [0.5, 0.6) is 0 Å². The SMILES string of the molecule is CC(C)OCCCCCC(=O)N1CCC[C@@H]1C(=O)O. The van der Waals surface area contributed by atoms with Gasteiger partial charge < -0.3 is 14.7 Å². The van der Waals surface area contributed by atoms with E-state index in [0.717, 1.165) is 32.3 Å². The van der Waals surface area contributed by atoms with Crippen LogP contribution in [-0.2, 0) is 14.3 Å². The van der Waals surface area contributed by atoms with Crippen molar-refractivity contribution in [3.05, 3.63) is 0 Å². The summed E-state index contributed by atoms with van der Waals surface area (Å²) >= 11 is 0. The first-order chi connectivity index (χ1) is 9.02. The van der Waals surface area contributed by atoms with Crippen molar-refractivity contribution < 1.29 is 19.4 Å². The van der Waals surface area contributed by atoms with Crippen LogP contribution in [0.1, 0.15) is 52.4 Å². The van der Waals surface area contributed by atoms with Crippen LogP contribution in [0.2, 0.25) is 0 Å². The molecule has 5 nitrogen and oxygen atoms in total. The normalized spacial score (nSPS) is 19.1. The van der Waals surface area contributed by atoms with Crippen molar-refractivity contribution in [1.82, 2.24) is 4.90 Å². The minimum absolute atomic E-state index is 0.0188. The van der Waals surface area contributed by atoms with Crippen molar-refractivity contribution in [1.29, 1.82) is 0 Å². The zero-order chi connectivity index (χ0) is 14.3. The van der Waals surface area contributed by atoms with E-state index in [4.69, 9.17) is 9.84 Å². The minimum Gasteiger partial charge on any atom is -0.480 e. The van der Waals surface area contributed by atoms with Gasteiger partial charge >= 0.3 is 5.97 Å². The van der Waals surface area contributed by atoms with E-state index in [1.807, 2.05) is 13.8 Å². The first kappa shape index (κ1) is 16.0. The van der Waals surface area contributed by atoms with Crippen LogP contribution >= 0.6 is 0 Å². The number of unbranched alkanes of at least 4 members (excludes halogenated alkanes) is 2. The molecule has 0 aromatic carbocycles. The van der Waals surface area contributed by atoms with Crippen molar-refractivity contribution >= 4 is 11.9 Å². The largest absolute Gasteiger partial charge is 0.480 e. The number of carboxylic acids is 1. The average Bonchev–Trinajstić information content (AvgIpc) is 2.82. The fourth-order valence-electron chi connectivity index (χ4n) is 2.34. The highest BCUT2D eigenvalue weighted by Crippen LogP contribution is 2.19. The Kier molecular flexibility index (Phi) is 6.84. The molecule has 110 valence electrons. The molecule has 1 amide bonds. The van der Waals surface area contributed by atoms with Crippen molar-refractivity contribution in [3.8, 4) is 0 Å². The average molecular weight is 271 g/mol. The summed E-state index contributed by atoms with van der Waals surface area (Å²) < 4.78 is 5.42. The Hall–Kier alpha value is -1.10. The van der Waals surface area contributed by atoms with E-state index < -0.39 is 12.0 Å². The van der Waals surface area contributed by atoms with Gasteiger partial charge in [-0.15, -0.1) is 0 Å². The molecule has 1 saturated heterocycles. The summed E-state index contributed by atoms with van der Waals surface area (Å²) in [5.41, 5.74) is 0. The predicted molar refractivity (Wildman–Crippen MR) is 71.9 cm³/mol. The Bertz CT molecular complexity index is 304. The second-order valence-corrected chi connectivity index (χ2v) is 5.31. The molecular weight excluding hydrogens is 246 g/mol. The summed E-state index contributed by atoms with van der Waals surface area (Å²) in [7, 11) is 0. The Morgan fingerprint density at radius 2 is 2.05 bits per heavy atom. The third kappa shape index (κ3) is 5.59. The molecule has 1 aliphatic heterocycles. The number of nitrogens with zero attached hydrogens (tertiary/aromatic N) is 1. The second kappa shape index (κ2) is 8.15. The third-order valence-corrected chi connectivity index (χ3v) is 3.34. The van der Waals surface area contributed by atoms with E-state index in [9.17, 15) is 9.59 Å². The van der Waals surface area contributed by atoms with Gasteiger partial charge in [-0.2, -0.15) is 0 Å². The van der Waals surface area contributed by atoms with Gasteiger partial charge in [-0.3, -0.25) is 4.79 Å². The minimum atomic E-state index is -0.879. The van der Waals surface area contributed by atoms with Crippen LogP contribution in [0.4, 0.5) is 0 Å². The van der Waals surface area contributed by atoms with Gasteiger partial charge in [-0.25, -0.2) is 4.79 Å². The van der Waals surface area contributed by atoms with E-state index in [0.29, 0.717) is 19.4 Å². The molecular formula is C14H25NO4. The Balaban J connectivity index is 2.15. The number of amides is 1. The highest BCUT2D eigenvalue weighted by molar-refractivity contribution is 5.84. The lowest BCUT2D eigenvalue weighted by atomic mass is 10.1. The molecule has 0 saturated carbocycles. The molecule has 1 aliphatic rings. The van der Waals surface area contributed by atoms with Gasteiger partial charge in [0.05, 0.1) is 6.10 Å². The summed E-state index contributed by atoms with van der Waals surface area (Å²) in [6, 6.07) is -0.600. The van der Waals surface area contributed by atoms with Gasteiger partial charge in [-0.05, 0) is 39.5 Å². The van der Waals surface area contributed by atoms with Crippen LogP contribution in [0, 0.1) is 0 Å². The van der Waals surface area contributed by atoms with E-state index in [1.165, 1.54) is 4.90 Å². The van der Waals surface area contributed by atoms with Crippen LogP contribution in [0.3, 0.4) is 0 Å². The zero-order valence-electron chi connectivity index (χ0n) is 11.9. The number of carbonyl (C=O) groups is 2. The summed E-state index contributed by atoms with van der Waals surface area (Å²) in [6.45, 7) is 5.32. The van der Waals surface area contributed by atoms with Gasteiger partial charge in [0.25, 0.3) is 0 Å². The highest BCUT2D eigenvalue weighted by atomic mass is 16.5. The van der Waals surface area contributed by atoms with Crippen molar-refractivity contribution in [3.63, 3.8) is 0 Å². The quantitative estimate of drug-likeness (QED) is 0.686. The van der Waals surface area contributed by atoms with Crippen LogP contribution in [-0.4, -0.2) is 47.2 Å². The van der Waals surface area contributed by atoms with E-state index in [1.54, 1.807) is 0 Å². The van der Waals surface area contributed by atoms with Gasteiger partial charge in [0.1, 0.15) is 6.04 Å². The summed E-state index contributed by atoms with van der Waals surface area (Å²) in [5.74, 6) is -0.897. The molecule has 0 bridgehead atoms. The smallest absolute Gasteiger partial charge is 0.326 e. The first-order valence-corrected chi connectivity index (χ1v) is 7.16. The second-order valence-electron chi connectivity index (χ2n) is 5.31. The molecule has 0 radical (unpaired) electrons. The van der Waals surface area contributed by atoms with Crippen LogP contribution in [0.25, 0.3) is 0 Å². The Morgan fingerprint density at radius 1 is 1.32 bits per heavy atom. The predicted octanol–water partition coefficient (Wildman–Crippen LogP) is 2.05. The Labute approximate surface area is 114 Å². The fraction of sp³-hybridized carbons (Fsp3) is 0.857. The molecule has 1 rings (SSSR count). The van der Waals surface area contributed by atoms with Crippen molar-refractivity contribution in [2.75, 3.05) is 13.2 Å². The first-order valence-electron chi connectivity index (χ1n) is 7.16. The van der Waals surface area contributed by atoms with Gasteiger partial charge in [0, 0.05) is 19.6 Å². The van der Waals surface area contributed by atoms with Crippen molar-refractivity contribution in [2.45, 2.75) is 64.5 Å². The maximum Gasteiger partial charge on any atom is 0.326 e. The molecule has 0 aliphatic carbocycles. The number of ether oxygens (including phenoxy) is 1. The zero-order valence-corrected chi connectivity index (χ0v) is 11.9. The third-order valence-electron chi connectivity index (χ3n) is 3.34. The maximum atomic E-state index is 11.9. The number of aliphatic carboxylic acids is 1. The number of carbonyl (C=O) groups excluding carboxylic acids is 1. The van der Waals surface area contributed by atoms with Gasteiger partial charge in [0.15, 0.2) is 0 Å². The molecule has 5 heteroatoms. The molecule has 0 aromatic rings. The molecule has 1 fully saturated rings. The lowest BCUT2D eigenvalue weighted by Crippen LogP contribution is -2.40. The summed E-state index contributed by atoms with van der Waals surface area (Å²) in [4.78, 5) is 24.4. The molecule has 19 heavy (non-hydrogen) atoms. The monoisotopic (exact) mass is 271 g/mol. The topological polar surface area (TPSA) is 66.8 Å². The number of hydrogen-bond donors (Lipinski definition) is 1. The number of hydrogen-bond acceptors (Lipinski definition) is 3. The summed E-state index contributed by atoms with van der Waals surface area (Å²) in [6.07, 6.45) is 4.79. The molecule has 1 heterocycles. The molecule has 0 unspecified atom stereocenters. The van der Waals surface area contributed by atoms with Crippen LogP contribution in [0.15, 0.2) is 0 Å². The molecule has 0 spiro atoms. The molecule has 1 atom stereocenters. The molecule has 0 aromatic heterocycles. The van der Waals surface area contributed by atoms with Gasteiger partial charge in [0.2, 0.25) is 5.91 Å². The standard InChI is InChI=1S/C14H25NO4/c1-11(2)19-10-5-3-4-8-13(16)15-9-6-7-12(15)14(17)18/h11-12H,3-10H2,1-2H3,(H,17,18)/t12-/m1/s1. The fourth-order valence-corrected chi connectivity index (χ4v) is 2.34. The lowest BCUT2D eigenvalue weighted by molar-refractivity contribution is -0.148. The Morgan fingerprint density at radius 3 is 2.68 bits per heavy atom. The van der Waals surface area contributed by atoms with E-state index >= 15 is 0 Å². The van der Waals surface area contributed by atoms with Gasteiger partial charge in [-0.1, -0.05) is 6.42 Å². The maximum absolute atomic E-state index is 11.9. The summed E-state index contributed by atoms with van der Waals surface area (Å²) in [5, 5.41) is 9.02. The van der Waals surface area contributed by atoms with Crippen LogP contribution < -0.4 is 0 Å². The van der Waals surface area contributed by atoms with Crippen molar-refractivity contribution in [2.24, 2.45) is 0 Å².